The highest BCUT2D eigenvalue weighted by molar-refractivity contribution is 4.96. The predicted octanol–water partition coefficient (Wildman–Crippen LogP) is 2.43. The van der Waals surface area contributed by atoms with Crippen molar-refractivity contribution in [3.8, 4) is 0 Å². The van der Waals surface area contributed by atoms with Crippen molar-refractivity contribution in [2.45, 2.75) is 58.5 Å². The molecule has 0 radical (unpaired) electrons. The molecule has 2 aliphatic rings. The van der Waals surface area contributed by atoms with Crippen molar-refractivity contribution in [1.82, 2.24) is 15.1 Å². The molecule has 3 nitrogen and oxygen atoms in total. The Balaban J connectivity index is 1.84. The zero-order valence-electron chi connectivity index (χ0n) is 14.3. The van der Waals surface area contributed by atoms with E-state index >= 15 is 0 Å². The van der Waals surface area contributed by atoms with Gasteiger partial charge in [0.2, 0.25) is 0 Å². The van der Waals surface area contributed by atoms with Gasteiger partial charge in [-0.05, 0) is 64.2 Å². The Morgan fingerprint density at radius 2 is 2.00 bits per heavy atom. The fraction of sp³-hybridized carbons (Fsp3) is 1.00. The highest BCUT2D eigenvalue weighted by atomic mass is 15.2. The van der Waals surface area contributed by atoms with Crippen LogP contribution in [-0.2, 0) is 0 Å². The van der Waals surface area contributed by atoms with Gasteiger partial charge in [0.05, 0.1) is 0 Å². The van der Waals surface area contributed by atoms with Crippen LogP contribution < -0.4 is 5.32 Å². The fourth-order valence-electron chi connectivity index (χ4n) is 4.69. The van der Waals surface area contributed by atoms with E-state index in [1.54, 1.807) is 0 Å². The first-order chi connectivity index (χ1) is 9.47. The average Bonchev–Trinajstić information content (AvgIpc) is 2.93. The van der Waals surface area contributed by atoms with Crippen molar-refractivity contribution in [2.24, 2.45) is 11.3 Å². The Kier molecular flexibility index (Phi) is 5.49. The maximum atomic E-state index is 3.59. The summed E-state index contributed by atoms with van der Waals surface area (Å²) in [6, 6.07) is 1.48. The predicted molar refractivity (Wildman–Crippen MR) is 87.1 cm³/mol. The Morgan fingerprint density at radius 1 is 1.25 bits per heavy atom. The molecule has 1 N–H and O–H groups in total. The zero-order chi connectivity index (χ0) is 14.8. The monoisotopic (exact) mass is 281 g/mol. The molecule has 3 atom stereocenters. The van der Waals surface area contributed by atoms with Gasteiger partial charge in [-0.1, -0.05) is 20.8 Å². The van der Waals surface area contributed by atoms with Gasteiger partial charge in [0, 0.05) is 25.2 Å². The molecule has 2 fully saturated rings. The first-order valence-electron chi connectivity index (χ1n) is 8.57. The van der Waals surface area contributed by atoms with Crippen LogP contribution >= 0.6 is 0 Å². The molecule has 118 valence electrons. The lowest BCUT2D eigenvalue weighted by Gasteiger charge is -2.34. The van der Waals surface area contributed by atoms with Crippen molar-refractivity contribution in [3.63, 3.8) is 0 Å². The first kappa shape index (κ1) is 16.3. The van der Waals surface area contributed by atoms with Gasteiger partial charge in [0.25, 0.3) is 0 Å². The number of rotatable bonds is 6. The smallest absolute Gasteiger partial charge is 0.0223 e. The Labute approximate surface area is 126 Å². The summed E-state index contributed by atoms with van der Waals surface area (Å²) in [5, 5.41) is 3.59. The van der Waals surface area contributed by atoms with E-state index in [0.29, 0.717) is 11.5 Å². The Morgan fingerprint density at radius 3 is 2.65 bits per heavy atom. The van der Waals surface area contributed by atoms with Crippen molar-refractivity contribution in [2.75, 3.05) is 40.3 Å². The molecular weight excluding hydrogens is 246 g/mol. The molecule has 1 heterocycles. The third-order valence-electron chi connectivity index (χ3n) is 5.76. The highest BCUT2D eigenvalue weighted by Gasteiger charge is 2.41. The molecule has 3 unspecified atom stereocenters. The van der Waals surface area contributed by atoms with E-state index in [2.05, 4.69) is 50.0 Å². The quantitative estimate of drug-likeness (QED) is 0.807. The summed E-state index contributed by atoms with van der Waals surface area (Å²) in [6.07, 6.45) is 5.53. The van der Waals surface area contributed by atoms with Gasteiger partial charge in [0.1, 0.15) is 0 Å². The van der Waals surface area contributed by atoms with Crippen molar-refractivity contribution in [1.29, 1.82) is 0 Å². The van der Waals surface area contributed by atoms with Crippen molar-refractivity contribution >= 4 is 0 Å². The third-order valence-corrected chi connectivity index (χ3v) is 5.76. The van der Waals surface area contributed by atoms with Crippen LogP contribution in [0.15, 0.2) is 0 Å². The number of hydrogen-bond donors (Lipinski definition) is 1. The second-order valence-corrected chi connectivity index (χ2v) is 7.70. The molecule has 1 saturated carbocycles. The van der Waals surface area contributed by atoms with E-state index in [9.17, 15) is 0 Å². The van der Waals surface area contributed by atoms with E-state index in [1.807, 2.05) is 0 Å². The molecular formula is C17H35N3. The normalized spacial score (nSPS) is 34.2. The SMILES string of the molecule is CCN1CCCC1CN(C)CC1CCC(C)(C)C1NC. The standard InChI is InChI=1S/C17H35N3/c1-6-20-11-7-8-15(20)13-19(5)12-14-9-10-17(2,3)16(14)18-4/h14-16,18H,6-13H2,1-5H3. The summed E-state index contributed by atoms with van der Waals surface area (Å²) in [4.78, 5) is 5.25. The minimum atomic E-state index is 0.461. The number of hydrogen-bond acceptors (Lipinski definition) is 3. The molecule has 0 aromatic rings. The topological polar surface area (TPSA) is 18.5 Å². The minimum Gasteiger partial charge on any atom is -0.316 e. The van der Waals surface area contributed by atoms with Crippen LogP contribution in [0.1, 0.15) is 46.5 Å². The lowest BCUT2D eigenvalue weighted by molar-refractivity contribution is 0.166. The van der Waals surface area contributed by atoms with Crippen LogP contribution in [0, 0.1) is 11.3 Å². The Bertz CT molecular complexity index is 303. The van der Waals surface area contributed by atoms with E-state index in [4.69, 9.17) is 0 Å². The van der Waals surface area contributed by atoms with Crippen LogP contribution in [0.4, 0.5) is 0 Å². The van der Waals surface area contributed by atoms with Gasteiger partial charge in [-0.3, -0.25) is 4.90 Å². The second kappa shape index (κ2) is 6.76. The molecule has 0 amide bonds. The summed E-state index contributed by atoms with van der Waals surface area (Å²) in [5.74, 6) is 0.816. The number of likely N-dealkylation sites (tertiary alicyclic amines) is 1. The van der Waals surface area contributed by atoms with Gasteiger partial charge in [0.15, 0.2) is 0 Å². The Hall–Kier alpha value is -0.120. The second-order valence-electron chi connectivity index (χ2n) is 7.70. The van der Waals surface area contributed by atoms with E-state index in [0.717, 1.165) is 12.0 Å². The molecule has 1 aliphatic heterocycles. The fourth-order valence-corrected chi connectivity index (χ4v) is 4.69. The molecule has 0 aromatic carbocycles. The molecule has 0 spiro atoms. The lowest BCUT2D eigenvalue weighted by Crippen LogP contribution is -2.45. The van der Waals surface area contributed by atoms with Gasteiger partial charge in [-0.15, -0.1) is 0 Å². The molecule has 20 heavy (non-hydrogen) atoms. The number of likely N-dealkylation sites (N-methyl/N-ethyl adjacent to an activating group) is 2. The summed E-state index contributed by atoms with van der Waals surface area (Å²) in [6.45, 7) is 12.2. The average molecular weight is 281 g/mol. The molecule has 3 heteroatoms. The first-order valence-corrected chi connectivity index (χ1v) is 8.57. The van der Waals surface area contributed by atoms with E-state index in [-0.39, 0.29) is 0 Å². The van der Waals surface area contributed by atoms with Crippen LogP contribution in [0.3, 0.4) is 0 Å². The largest absolute Gasteiger partial charge is 0.316 e. The van der Waals surface area contributed by atoms with E-state index < -0.39 is 0 Å². The summed E-state index contributed by atoms with van der Waals surface area (Å²) < 4.78 is 0. The van der Waals surface area contributed by atoms with Gasteiger partial charge >= 0.3 is 0 Å². The maximum absolute atomic E-state index is 3.59. The lowest BCUT2D eigenvalue weighted by atomic mass is 9.85. The summed E-state index contributed by atoms with van der Waals surface area (Å²) >= 11 is 0. The maximum Gasteiger partial charge on any atom is 0.0223 e. The van der Waals surface area contributed by atoms with Crippen LogP contribution in [0.25, 0.3) is 0 Å². The third kappa shape index (κ3) is 3.55. The van der Waals surface area contributed by atoms with Crippen molar-refractivity contribution in [3.05, 3.63) is 0 Å². The van der Waals surface area contributed by atoms with Gasteiger partial charge < -0.3 is 10.2 Å². The molecule has 2 rings (SSSR count). The van der Waals surface area contributed by atoms with Crippen LogP contribution in [0.2, 0.25) is 0 Å². The van der Waals surface area contributed by atoms with E-state index in [1.165, 1.54) is 51.9 Å². The molecule has 1 saturated heterocycles. The van der Waals surface area contributed by atoms with Gasteiger partial charge in [-0.2, -0.15) is 0 Å². The molecule has 1 aliphatic carbocycles. The summed E-state index contributed by atoms with van der Waals surface area (Å²) in [7, 11) is 4.46. The molecule has 0 bridgehead atoms. The van der Waals surface area contributed by atoms with Crippen LogP contribution in [0.5, 0.6) is 0 Å². The highest BCUT2D eigenvalue weighted by Crippen LogP contribution is 2.41. The number of nitrogens with zero attached hydrogens (tertiary/aromatic N) is 2. The summed E-state index contributed by atoms with van der Waals surface area (Å²) in [5.41, 5.74) is 0.461. The minimum absolute atomic E-state index is 0.461. The van der Waals surface area contributed by atoms with Crippen LogP contribution in [-0.4, -0.2) is 62.2 Å². The zero-order valence-corrected chi connectivity index (χ0v) is 14.3. The number of nitrogens with one attached hydrogen (secondary N) is 1. The molecule has 0 aromatic heterocycles. The van der Waals surface area contributed by atoms with Crippen molar-refractivity contribution < 1.29 is 0 Å². The van der Waals surface area contributed by atoms with Gasteiger partial charge in [-0.25, -0.2) is 0 Å².